The molecule has 0 aliphatic rings. The van der Waals surface area contributed by atoms with Crippen LogP contribution in [0.1, 0.15) is 31.1 Å². The summed E-state index contributed by atoms with van der Waals surface area (Å²) in [6.45, 7) is 6.22. The molecule has 94 valence electrons. The van der Waals surface area contributed by atoms with Crippen LogP contribution >= 0.6 is 11.6 Å². The summed E-state index contributed by atoms with van der Waals surface area (Å²) in [5, 5.41) is 2.68. The van der Waals surface area contributed by atoms with E-state index < -0.39 is 0 Å². The van der Waals surface area contributed by atoms with Gasteiger partial charge in [0.25, 0.3) is 5.91 Å². The number of hydrogen-bond acceptors (Lipinski definition) is 2. The molecule has 0 fully saturated rings. The summed E-state index contributed by atoms with van der Waals surface area (Å²) in [5.41, 5.74) is 0.610. The second kappa shape index (κ2) is 6.50. The molecule has 1 N–H and O–H groups in total. The van der Waals surface area contributed by atoms with Gasteiger partial charge in [0, 0.05) is 17.5 Å². The first kappa shape index (κ1) is 13.8. The molecule has 1 aromatic carbocycles. The highest BCUT2D eigenvalue weighted by Gasteiger charge is 2.06. The highest BCUT2D eigenvalue weighted by Crippen LogP contribution is 2.13. The molecule has 0 radical (unpaired) electrons. The standard InChI is InChI=1S/C13H18ClNO2/c1-9(2)17-12-6-4-11(5-7-12)13(16)15-8-10(3)14/h4-7,9-10H,8H2,1-3H3,(H,15,16). The Bertz CT molecular complexity index is 360. The Morgan fingerprint density at radius 2 is 1.88 bits per heavy atom. The molecule has 1 unspecified atom stereocenters. The highest BCUT2D eigenvalue weighted by molar-refractivity contribution is 6.20. The summed E-state index contributed by atoms with van der Waals surface area (Å²) in [6, 6.07) is 7.07. The van der Waals surface area contributed by atoms with E-state index >= 15 is 0 Å². The van der Waals surface area contributed by atoms with Crippen molar-refractivity contribution in [1.29, 1.82) is 0 Å². The van der Waals surface area contributed by atoms with Crippen LogP contribution in [0.15, 0.2) is 24.3 Å². The summed E-state index contributed by atoms with van der Waals surface area (Å²) < 4.78 is 5.49. The topological polar surface area (TPSA) is 38.3 Å². The summed E-state index contributed by atoms with van der Waals surface area (Å²) >= 11 is 5.76. The lowest BCUT2D eigenvalue weighted by Gasteiger charge is -2.10. The summed E-state index contributed by atoms with van der Waals surface area (Å²) in [4.78, 5) is 11.7. The maximum Gasteiger partial charge on any atom is 0.251 e. The van der Waals surface area contributed by atoms with Crippen LogP contribution in [-0.4, -0.2) is 23.9 Å². The molecule has 0 saturated carbocycles. The Labute approximate surface area is 107 Å². The molecule has 1 aromatic rings. The molecule has 0 spiro atoms. The van der Waals surface area contributed by atoms with E-state index in [4.69, 9.17) is 16.3 Å². The van der Waals surface area contributed by atoms with E-state index in [9.17, 15) is 4.79 Å². The van der Waals surface area contributed by atoms with Gasteiger partial charge in [-0.05, 0) is 45.0 Å². The number of halogens is 1. The Kier molecular flexibility index (Phi) is 5.29. The van der Waals surface area contributed by atoms with Crippen molar-refractivity contribution in [2.45, 2.75) is 32.3 Å². The molecule has 1 rings (SSSR count). The van der Waals surface area contributed by atoms with Crippen LogP contribution in [0, 0.1) is 0 Å². The fraction of sp³-hybridized carbons (Fsp3) is 0.462. The van der Waals surface area contributed by atoms with Crippen LogP contribution in [0.2, 0.25) is 0 Å². The van der Waals surface area contributed by atoms with E-state index in [1.54, 1.807) is 24.3 Å². The molecular formula is C13H18ClNO2. The lowest BCUT2D eigenvalue weighted by atomic mass is 10.2. The van der Waals surface area contributed by atoms with Crippen LogP contribution in [-0.2, 0) is 0 Å². The number of carbonyl (C=O) groups excluding carboxylic acids is 1. The van der Waals surface area contributed by atoms with Crippen LogP contribution in [0.3, 0.4) is 0 Å². The molecule has 0 saturated heterocycles. The van der Waals surface area contributed by atoms with Gasteiger partial charge in [0.1, 0.15) is 5.75 Å². The van der Waals surface area contributed by atoms with Crippen molar-refractivity contribution >= 4 is 17.5 Å². The molecular weight excluding hydrogens is 238 g/mol. The van der Waals surface area contributed by atoms with Gasteiger partial charge in [-0.2, -0.15) is 0 Å². The smallest absolute Gasteiger partial charge is 0.251 e. The van der Waals surface area contributed by atoms with E-state index in [1.807, 2.05) is 20.8 Å². The zero-order chi connectivity index (χ0) is 12.8. The first-order valence-electron chi connectivity index (χ1n) is 5.68. The average Bonchev–Trinajstić information content (AvgIpc) is 2.26. The zero-order valence-corrected chi connectivity index (χ0v) is 11.1. The minimum absolute atomic E-state index is 0.0671. The maximum absolute atomic E-state index is 11.7. The lowest BCUT2D eigenvalue weighted by molar-refractivity contribution is 0.0954. The SMILES string of the molecule is CC(Cl)CNC(=O)c1ccc(OC(C)C)cc1. The van der Waals surface area contributed by atoms with Gasteiger partial charge in [-0.25, -0.2) is 0 Å². The number of nitrogens with one attached hydrogen (secondary N) is 1. The van der Waals surface area contributed by atoms with Crippen LogP contribution in [0.4, 0.5) is 0 Å². The van der Waals surface area contributed by atoms with Gasteiger partial charge >= 0.3 is 0 Å². The van der Waals surface area contributed by atoms with Crippen LogP contribution < -0.4 is 10.1 Å². The largest absolute Gasteiger partial charge is 0.491 e. The minimum Gasteiger partial charge on any atom is -0.491 e. The number of ether oxygens (including phenoxy) is 1. The summed E-state index contributed by atoms with van der Waals surface area (Å²) in [5.74, 6) is 0.649. The Morgan fingerprint density at radius 3 is 2.35 bits per heavy atom. The first-order chi connectivity index (χ1) is 7.99. The Balaban J connectivity index is 2.57. The van der Waals surface area contributed by atoms with E-state index in [-0.39, 0.29) is 17.4 Å². The van der Waals surface area contributed by atoms with Gasteiger partial charge in [0.05, 0.1) is 6.10 Å². The van der Waals surface area contributed by atoms with Crippen molar-refractivity contribution in [1.82, 2.24) is 5.32 Å². The average molecular weight is 256 g/mol. The third kappa shape index (κ3) is 5.09. The van der Waals surface area contributed by atoms with Gasteiger partial charge in [0.2, 0.25) is 0 Å². The third-order valence-electron chi connectivity index (χ3n) is 2.03. The monoisotopic (exact) mass is 255 g/mol. The van der Waals surface area contributed by atoms with Gasteiger partial charge < -0.3 is 10.1 Å². The Morgan fingerprint density at radius 1 is 1.29 bits per heavy atom. The van der Waals surface area contributed by atoms with Crippen molar-refractivity contribution in [2.75, 3.05) is 6.54 Å². The van der Waals surface area contributed by atoms with Crippen LogP contribution in [0.25, 0.3) is 0 Å². The lowest BCUT2D eigenvalue weighted by Crippen LogP contribution is -2.28. The van der Waals surface area contributed by atoms with E-state index in [1.165, 1.54) is 0 Å². The molecule has 0 aromatic heterocycles. The highest BCUT2D eigenvalue weighted by atomic mass is 35.5. The minimum atomic E-state index is -0.117. The van der Waals surface area contributed by atoms with Crippen molar-refractivity contribution in [3.05, 3.63) is 29.8 Å². The third-order valence-corrected chi connectivity index (χ3v) is 2.19. The summed E-state index contributed by atoms with van der Waals surface area (Å²) in [7, 11) is 0. The second-order valence-electron chi connectivity index (χ2n) is 4.18. The van der Waals surface area contributed by atoms with Crippen molar-refractivity contribution in [2.24, 2.45) is 0 Å². The predicted molar refractivity (Wildman–Crippen MR) is 69.9 cm³/mol. The van der Waals surface area contributed by atoms with E-state index in [2.05, 4.69) is 5.32 Å². The van der Waals surface area contributed by atoms with E-state index in [0.29, 0.717) is 12.1 Å². The molecule has 1 atom stereocenters. The molecule has 0 aliphatic heterocycles. The maximum atomic E-state index is 11.7. The second-order valence-corrected chi connectivity index (χ2v) is 4.93. The van der Waals surface area contributed by atoms with Crippen molar-refractivity contribution in [3.63, 3.8) is 0 Å². The zero-order valence-electron chi connectivity index (χ0n) is 10.4. The first-order valence-corrected chi connectivity index (χ1v) is 6.11. The molecule has 17 heavy (non-hydrogen) atoms. The summed E-state index contributed by atoms with van der Waals surface area (Å²) in [6.07, 6.45) is 0.131. The normalized spacial score (nSPS) is 12.3. The van der Waals surface area contributed by atoms with E-state index in [0.717, 1.165) is 5.75 Å². The molecule has 0 bridgehead atoms. The quantitative estimate of drug-likeness (QED) is 0.822. The van der Waals surface area contributed by atoms with Crippen molar-refractivity contribution < 1.29 is 9.53 Å². The van der Waals surface area contributed by atoms with Gasteiger partial charge in [-0.3, -0.25) is 4.79 Å². The molecule has 3 nitrogen and oxygen atoms in total. The van der Waals surface area contributed by atoms with Gasteiger partial charge in [0.15, 0.2) is 0 Å². The van der Waals surface area contributed by atoms with Gasteiger partial charge in [-0.1, -0.05) is 0 Å². The number of benzene rings is 1. The molecule has 4 heteroatoms. The number of alkyl halides is 1. The van der Waals surface area contributed by atoms with Crippen molar-refractivity contribution in [3.8, 4) is 5.75 Å². The number of amides is 1. The van der Waals surface area contributed by atoms with Gasteiger partial charge in [-0.15, -0.1) is 11.6 Å². The molecule has 1 amide bonds. The number of rotatable bonds is 5. The number of carbonyl (C=O) groups is 1. The number of hydrogen-bond donors (Lipinski definition) is 1. The fourth-order valence-electron chi connectivity index (χ4n) is 1.29. The molecule has 0 heterocycles. The Hall–Kier alpha value is -1.22. The molecule has 0 aliphatic carbocycles. The predicted octanol–water partition coefficient (Wildman–Crippen LogP) is 2.83. The fourth-order valence-corrected chi connectivity index (χ4v) is 1.37. The van der Waals surface area contributed by atoms with Crippen LogP contribution in [0.5, 0.6) is 5.75 Å².